The van der Waals surface area contributed by atoms with E-state index >= 15 is 0 Å². The average molecular weight is 166 g/mol. The molecule has 64 valence electrons. The molecule has 1 aromatic rings. The first kappa shape index (κ1) is 7.55. The molecular formula is C9H11FN2. The van der Waals surface area contributed by atoms with Crippen molar-refractivity contribution < 1.29 is 4.39 Å². The largest absolute Gasteiger partial charge is 0.399 e. The number of rotatable bonds is 1. The zero-order valence-corrected chi connectivity index (χ0v) is 6.68. The van der Waals surface area contributed by atoms with Crippen molar-refractivity contribution in [2.45, 2.75) is 18.4 Å². The van der Waals surface area contributed by atoms with Crippen molar-refractivity contribution in [1.29, 1.82) is 0 Å². The second-order valence-electron chi connectivity index (χ2n) is 3.40. The molecule has 12 heavy (non-hydrogen) atoms. The third-order valence-corrected chi connectivity index (χ3v) is 2.32. The van der Waals surface area contributed by atoms with Crippen LogP contribution in [0.25, 0.3) is 0 Å². The van der Waals surface area contributed by atoms with Gasteiger partial charge in [0.2, 0.25) is 0 Å². The lowest BCUT2D eigenvalue weighted by atomic mass is 10.1. The maximum absolute atomic E-state index is 13.2. The fourth-order valence-electron chi connectivity index (χ4n) is 1.34. The van der Waals surface area contributed by atoms with Crippen LogP contribution in [-0.2, 0) is 5.54 Å². The fourth-order valence-corrected chi connectivity index (χ4v) is 1.34. The van der Waals surface area contributed by atoms with Crippen LogP contribution in [0.3, 0.4) is 0 Å². The first-order valence-corrected chi connectivity index (χ1v) is 3.96. The van der Waals surface area contributed by atoms with Gasteiger partial charge in [0.05, 0.1) is 0 Å². The number of nitrogens with two attached hydrogens (primary N) is 2. The third kappa shape index (κ3) is 1.06. The maximum Gasteiger partial charge on any atom is 0.130 e. The molecular weight excluding hydrogens is 155 g/mol. The summed E-state index contributed by atoms with van der Waals surface area (Å²) in [4.78, 5) is 0. The molecule has 0 unspecified atom stereocenters. The van der Waals surface area contributed by atoms with Crippen molar-refractivity contribution >= 4 is 5.69 Å². The lowest BCUT2D eigenvalue weighted by Crippen LogP contribution is -2.20. The summed E-state index contributed by atoms with van der Waals surface area (Å²) in [5, 5.41) is 0. The van der Waals surface area contributed by atoms with Crippen LogP contribution < -0.4 is 11.5 Å². The minimum atomic E-state index is -0.405. The highest BCUT2D eigenvalue weighted by Crippen LogP contribution is 2.43. The number of halogens is 1. The first-order chi connectivity index (χ1) is 5.62. The summed E-state index contributed by atoms with van der Waals surface area (Å²) in [7, 11) is 0. The second kappa shape index (κ2) is 2.20. The fraction of sp³-hybridized carbons (Fsp3) is 0.333. The van der Waals surface area contributed by atoms with Gasteiger partial charge in [0, 0.05) is 16.8 Å². The molecule has 0 aromatic heterocycles. The van der Waals surface area contributed by atoms with Gasteiger partial charge >= 0.3 is 0 Å². The van der Waals surface area contributed by atoms with Gasteiger partial charge in [-0.3, -0.25) is 0 Å². The zero-order chi connectivity index (χ0) is 8.77. The van der Waals surface area contributed by atoms with Gasteiger partial charge in [-0.15, -0.1) is 0 Å². The Morgan fingerprint density at radius 3 is 2.50 bits per heavy atom. The lowest BCUT2D eigenvalue weighted by Gasteiger charge is -2.10. The Hall–Kier alpha value is -1.09. The predicted octanol–water partition coefficient (Wildman–Crippen LogP) is 1.36. The molecule has 0 heterocycles. The Labute approximate surface area is 70.4 Å². The van der Waals surface area contributed by atoms with E-state index in [1.165, 1.54) is 6.07 Å². The van der Waals surface area contributed by atoms with E-state index in [2.05, 4.69) is 0 Å². The molecule has 0 saturated heterocycles. The van der Waals surface area contributed by atoms with E-state index in [4.69, 9.17) is 11.5 Å². The maximum atomic E-state index is 13.2. The van der Waals surface area contributed by atoms with E-state index in [-0.39, 0.29) is 5.82 Å². The van der Waals surface area contributed by atoms with E-state index in [9.17, 15) is 4.39 Å². The Balaban J connectivity index is 2.45. The van der Waals surface area contributed by atoms with Gasteiger partial charge in [0.15, 0.2) is 0 Å². The molecule has 0 bridgehead atoms. The van der Waals surface area contributed by atoms with Crippen molar-refractivity contribution in [3.63, 3.8) is 0 Å². The standard InChI is InChI=1S/C9H11FN2/c10-8-5-6(11)1-2-7(8)9(12)3-4-9/h1-2,5H,3-4,11-12H2. The summed E-state index contributed by atoms with van der Waals surface area (Å²) < 4.78 is 13.2. The highest BCUT2D eigenvalue weighted by atomic mass is 19.1. The van der Waals surface area contributed by atoms with Gasteiger partial charge < -0.3 is 11.5 Å². The Morgan fingerprint density at radius 1 is 1.33 bits per heavy atom. The molecule has 0 spiro atoms. The minimum Gasteiger partial charge on any atom is -0.399 e. The van der Waals surface area contributed by atoms with E-state index in [0.29, 0.717) is 11.3 Å². The van der Waals surface area contributed by atoms with Crippen LogP contribution >= 0.6 is 0 Å². The molecule has 0 amide bonds. The SMILES string of the molecule is Nc1ccc(C2(N)CC2)c(F)c1. The summed E-state index contributed by atoms with van der Waals surface area (Å²) in [5.41, 5.74) is 11.9. The number of nitrogen functional groups attached to an aromatic ring is 1. The molecule has 0 aliphatic heterocycles. The van der Waals surface area contributed by atoms with Crippen molar-refractivity contribution in [2.75, 3.05) is 5.73 Å². The van der Waals surface area contributed by atoms with Gasteiger partial charge in [-0.1, -0.05) is 6.07 Å². The number of hydrogen-bond acceptors (Lipinski definition) is 2. The molecule has 0 atom stereocenters. The van der Waals surface area contributed by atoms with Gasteiger partial charge in [0.25, 0.3) is 0 Å². The van der Waals surface area contributed by atoms with Crippen LogP contribution in [0.5, 0.6) is 0 Å². The number of benzene rings is 1. The zero-order valence-electron chi connectivity index (χ0n) is 6.68. The first-order valence-electron chi connectivity index (χ1n) is 3.96. The molecule has 1 saturated carbocycles. The molecule has 0 radical (unpaired) electrons. The Kier molecular flexibility index (Phi) is 1.38. The number of anilines is 1. The van der Waals surface area contributed by atoms with E-state index in [1.54, 1.807) is 12.1 Å². The summed E-state index contributed by atoms with van der Waals surface area (Å²) in [6.45, 7) is 0. The van der Waals surface area contributed by atoms with Crippen LogP contribution in [0.4, 0.5) is 10.1 Å². The summed E-state index contributed by atoms with van der Waals surface area (Å²) in [6.07, 6.45) is 1.74. The van der Waals surface area contributed by atoms with Crippen molar-refractivity contribution in [2.24, 2.45) is 5.73 Å². The normalized spacial score (nSPS) is 19.2. The van der Waals surface area contributed by atoms with Gasteiger partial charge in [-0.05, 0) is 25.0 Å². The highest BCUT2D eigenvalue weighted by molar-refractivity contribution is 5.43. The van der Waals surface area contributed by atoms with Crippen LogP contribution in [0.2, 0.25) is 0 Å². The predicted molar refractivity (Wildman–Crippen MR) is 45.9 cm³/mol. The third-order valence-electron chi connectivity index (χ3n) is 2.32. The molecule has 1 aliphatic rings. The van der Waals surface area contributed by atoms with Gasteiger partial charge in [-0.25, -0.2) is 4.39 Å². The van der Waals surface area contributed by atoms with Crippen molar-refractivity contribution in [3.8, 4) is 0 Å². The van der Waals surface area contributed by atoms with Gasteiger partial charge in [-0.2, -0.15) is 0 Å². The summed E-state index contributed by atoms with van der Waals surface area (Å²) >= 11 is 0. The van der Waals surface area contributed by atoms with Crippen LogP contribution in [-0.4, -0.2) is 0 Å². The number of hydrogen-bond donors (Lipinski definition) is 2. The van der Waals surface area contributed by atoms with Crippen LogP contribution in [0, 0.1) is 5.82 Å². The average Bonchev–Trinajstić information content (AvgIpc) is 2.68. The van der Waals surface area contributed by atoms with Crippen LogP contribution in [0.15, 0.2) is 18.2 Å². The lowest BCUT2D eigenvalue weighted by molar-refractivity contribution is 0.579. The molecule has 3 heteroatoms. The Bertz CT molecular complexity index is 318. The van der Waals surface area contributed by atoms with Crippen molar-refractivity contribution in [3.05, 3.63) is 29.6 Å². The molecule has 1 aromatic carbocycles. The monoisotopic (exact) mass is 166 g/mol. The van der Waals surface area contributed by atoms with E-state index in [0.717, 1.165) is 12.8 Å². The van der Waals surface area contributed by atoms with Gasteiger partial charge in [0.1, 0.15) is 5.82 Å². The van der Waals surface area contributed by atoms with E-state index in [1.807, 2.05) is 0 Å². The smallest absolute Gasteiger partial charge is 0.130 e. The Morgan fingerprint density at radius 2 is 2.00 bits per heavy atom. The molecule has 1 fully saturated rings. The quantitative estimate of drug-likeness (QED) is 0.619. The second-order valence-corrected chi connectivity index (χ2v) is 3.40. The molecule has 2 nitrogen and oxygen atoms in total. The van der Waals surface area contributed by atoms with Crippen LogP contribution in [0.1, 0.15) is 18.4 Å². The molecule has 4 N–H and O–H groups in total. The van der Waals surface area contributed by atoms with E-state index < -0.39 is 5.54 Å². The van der Waals surface area contributed by atoms with Crippen molar-refractivity contribution in [1.82, 2.24) is 0 Å². The summed E-state index contributed by atoms with van der Waals surface area (Å²) in [6, 6.07) is 4.69. The molecule has 2 rings (SSSR count). The molecule has 1 aliphatic carbocycles. The summed E-state index contributed by atoms with van der Waals surface area (Å²) in [5.74, 6) is -0.282. The topological polar surface area (TPSA) is 52.0 Å². The minimum absolute atomic E-state index is 0.282. The highest BCUT2D eigenvalue weighted by Gasteiger charge is 2.41.